The van der Waals surface area contributed by atoms with Gasteiger partial charge in [0.05, 0.1) is 11.6 Å². The number of amides is 1. The Morgan fingerprint density at radius 3 is 2.56 bits per heavy atom. The average molecular weight is 365 g/mol. The minimum atomic E-state index is -0.0905. The van der Waals surface area contributed by atoms with Gasteiger partial charge in [-0.2, -0.15) is 0 Å². The highest BCUT2D eigenvalue weighted by Crippen LogP contribution is 2.43. The van der Waals surface area contributed by atoms with Gasteiger partial charge in [-0.1, -0.05) is 6.07 Å². The predicted octanol–water partition coefficient (Wildman–Crippen LogP) is 3.31. The van der Waals surface area contributed by atoms with Gasteiger partial charge in [0, 0.05) is 12.2 Å². The van der Waals surface area contributed by atoms with Crippen LogP contribution in [0.4, 0.5) is 5.82 Å². The third-order valence-electron chi connectivity index (χ3n) is 5.26. The zero-order chi connectivity index (χ0) is 18.2. The first-order chi connectivity index (χ1) is 13.3. The molecule has 1 aliphatic heterocycles. The molecule has 0 saturated heterocycles. The minimum Gasteiger partial charge on any atom is -0.486 e. The summed E-state index contributed by atoms with van der Waals surface area (Å²) in [5.41, 5.74) is 1.65. The molecule has 0 bridgehead atoms. The van der Waals surface area contributed by atoms with Crippen molar-refractivity contribution in [2.24, 2.45) is 5.92 Å². The molecule has 2 heterocycles. The predicted molar refractivity (Wildman–Crippen MR) is 101 cm³/mol. The molecule has 1 atom stereocenters. The van der Waals surface area contributed by atoms with Crippen LogP contribution in [-0.2, 0) is 0 Å². The Morgan fingerprint density at radius 1 is 1.04 bits per heavy atom. The Balaban J connectivity index is 1.31. The normalized spacial score (nSPS) is 19.3. The van der Waals surface area contributed by atoms with Gasteiger partial charge >= 0.3 is 0 Å². The van der Waals surface area contributed by atoms with Gasteiger partial charge in [-0.05, 0) is 61.4 Å². The lowest BCUT2D eigenvalue weighted by Gasteiger charge is -2.23. The van der Waals surface area contributed by atoms with E-state index in [4.69, 9.17) is 9.47 Å². The van der Waals surface area contributed by atoms with E-state index < -0.39 is 0 Å². The topological polar surface area (TPSA) is 72.5 Å². The zero-order valence-corrected chi connectivity index (χ0v) is 15.1. The molecule has 27 heavy (non-hydrogen) atoms. The van der Waals surface area contributed by atoms with Crippen LogP contribution in [0.3, 0.4) is 0 Å². The van der Waals surface area contributed by atoms with E-state index in [0.29, 0.717) is 30.7 Å². The SMILES string of the molecule is O=C(N[C@H](c1ccc2c(c1)OCCO2)C1CC1)c1ccc(NC2CC2)nc1. The molecule has 0 unspecified atom stereocenters. The van der Waals surface area contributed by atoms with Gasteiger partial charge < -0.3 is 20.1 Å². The zero-order valence-electron chi connectivity index (χ0n) is 15.1. The summed E-state index contributed by atoms with van der Waals surface area (Å²) in [5.74, 6) is 2.75. The van der Waals surface area contributed by atoms with Crippen LogP contribution in [-0.4, -0.2) is 30.1 Å². The van der Waals surface area contributed by atoms with Crippen LogP contribution in [0, 0.1) is 5.92 Å². The molecular formula is C21H23N3O3. The number of anilines is 1. The van der Waals surface area contributed by atoms with E-state index in [1.165, 1.54) is 12.8 Å². The Morgan fingerprint density at radius 2 is 1.85 bits per heavy atom. The highest BCUT2D eigenvalue weighted by molar-refractivity contribution is 5.94. The summed E-state index contributed by atoms with van der Waals surface area (Å²) in [6.07, 6.45) is 6.29. The van der Waals surface area contributed by atoms with Gasteiger partial charge in [0.2, 0.25) is 0 Å². The number of fused-ring (bicyclic) bond motifs is 1. The molecule has 0 spiro atoms. The van der Waals surface area contributed by atoms with Crippen LogP contribution >= 0.6 is 0 Å². The maximum absolute atomic E-state index is 12.8. The second-order valence-electron chi connectivity index (χ2n) is 7.54. The number of carbonyl (C=O) groups excluding carboxylic acids is 1. The summed E-state index contributed by atoms with van der Waals surface area (Å²) in [5, 5.41) is 6.53. The Bertz CT molecular complexity index is 844. The molecule has 2 N–H and O–H groups in total. The van der Waals surface area contributed by atoms with Crippen LogP contribution in [0.25, 0.3) is 0 Å². The van der Waals surface area contributed by atoms with E-state index in [1.807, 2.05) is 30.3 Å². The summed E-state index contributed by atoms with van der Waals surface area (Å²) < 4.78 is 11.3. The van der Waals surface area contributed by atoms with Crippen molar-refractivity contribution in [1.82, 2.24) is 10.3 Å². The van der Waals surface area contributed by atoms with Gasteiger partial charge in [0.1, 0.15) is 19.0 Å². The third kappa shape index (κ3) is 3.70. The molecule has 2 fully saturated rings. The number of ether oxygens (including phenoxy) is 2. The Labute approximate surface area is 158 Å². The first-order valence-electron chi connectivity index (χ1n) is 9.69. The molecule has 2 aromatic rings. The van der Waals surface area contributed by atoms with E-state index in [2.05, 4.69) is 15.6 Å². The van der Waals surface area contributed by atoms with Crippen molar-refractivity contribution in [2.45, 2.75) is 37.8 Å². The number of carbonyl (C=O) groups is 1. The van der Waals surface area contributed by atoms with Crippen LogP contribution in [0.15, 0.2) is 36.5 Å². The maximum Gasteiger partial charge on any atom is 0.253 e. The number of hydrogen-bond donors (Lipinski definition) is 2. The molecule has 6 heteroatoms. The largest absolute Gasteiger partial charge is 0.486 e. The van der Waals surface area contributed by atoms with E-state index >= 15 is 0 Å². The fourth-order valence-corrected chi connectivity index (χ4v) is 3.43. The fraction of sp³-hybridized carbons (Fsp3) is 0.429. The maximum atomic E-state index is 12.8. The highest BCUT2D eigenvalue weighted by atomic mass is 16.6. The molecule has 2 aliphatic carbocycles. The first-order valence-corrected chi connectivity index (χ1v) is 9.69. The quantitative estimate of drug-likeness (QED) is 0.822. The number of pyridine rings is 1. The molecule has 5 rings (SSSR count). The molecule has 140 valence electrons. The minimum absolute atomic E-state index is 0.0161. The molecular weight excluding hydrogens is 342 g/mol. The highest BCUT2D eigenvalue weighted by Gasteiger charge is 2.34. The summed E-state index contributed by atoms with van der Waals surface area (Å²) in [6, 6.07) is 10.2. The van der Waals surface area contributed by atoms with Crippen molar-refractivity contribution in [3.05, 3.63) is 47.7 Å². The van der Waals surface area contributed by atoms with Crippen molar-refractivity contribution in [3.8, 4) is 11.5 Å². The average Bonchev–Trinajstić information content (AvgIpc) is 3.61. The molecule has 1 amide bonds. The number of nitrogens with one attached hydrogen (secondary N) is 2. The summed E-state index contributed by atoms with van der Waals surface area (Å²) in [7, 11) is 0. The van der Waals surface area contributed by atoms with E-state index in [0.717, 1.165) is 35.7 Å². The van der Waals surface area contributed by atoms with Gasteiger partial charge in [0.15, 0.2) is 11.5 Å². The third-order valence-corrected chi connectivity index (χ3v) is 5.26. The van der Waals surface area contributed by atoms with Crippen LogP contribution < -0.4 is 20.1 Å². The lowest BCUT2D eigenvalue weighted by atomic mass is 10.0. The van der Waals surface area contributed by atoms with E-state index in [1.54, 1.807) is 6.20 Å². The standard InChI is InChI=1S/C21H23N3O3/c25-21(15-4-8-19(22-12-15)23-16-5-6-16)24-20(13-1-2-13)14-3-7-17-18(11-14)27-10-9-26-17/h3-4,7-8,11-13,16,20H,1-2,5-6,9-10H2,(H,22,23)(H,24,25)/t20-/m0/s1. The summed E-state index contributed by atoms with van der Waals surface area (Å²) in [4.78, 5) is 17.1. The van der Waals surface area contributed by atoms with Crippen LogP contribution in [0.1, 0.15) is 47.6 Å². The fourth-order valence-electron chi connectivity index (χ4n) is 3.43. The Hall–Kier alpha value is -2.76. The summed E-state index contributed by atoms with van der Waals surface area (Å²) in [6.45, 7) is 1.14. The van der Waals surface area contributed by atoms with Gasteiger partial charge in [-0.15, -0.1) is 0 Å². The van der Waals surface area contributed by atoms with Gasteiger partial charge in [-0.25, -0.2) is 4.98 Å². The number of aromatic nitrogens is 1. The van der Waals surface area contributed by atoms with Crippen molar-refractivity contribution in [1.29, 1.82) is 0 Å². The van der Waals surface area contributed by atoms with Crippen molar-refractivity contribution in [3.63, 3.8) is 0 Å². The molecule has 6 nitrogen and oxygen atoms in total. The van der Waals surface area contributed by atoms with E-state index in [9.17, 15) is 4.79 Å². The van der Waals surface area contributed by atoms with E-state index in [-0.39, 0.29) is 11.9 Å². The van der Waals surface area contributed by atoms with Crippen LogP contribution in [0.2, 0.25) is 0 Å². The Kier molecular flexibility index (Phi) is 4.11. The number of benzene rings is 1. The first kappa shape index (κ1) is 16.4. The van der Waals surface area contributed by atoms with Gasteiger partial charge in [-0.3, -0.25) is 4.79 Å². The number of nitrogens with zero attached hydrogens (tertiary/aromatic N) is 1. The second kappa shape index (κ2) is 6.76. The lowest BCUT2D eigenvalue weighted by molar-refractivity contribution is 0.0931. The number of rotatable bonds is 6. The lowest BCUT2D eigenvalue weighted by Crippen LogP contribution is -2.30. The molecule has 0 radical (unpaired) electrons. The molecule has 1 aromatic heterocycles. The van der Waals surface area contributed by atoms with Crippen molar-refractivity contribution >= 4 is 11.7 Å². The monoisotopic (exact) mass is 365 g/mol. The van der Waals surface area contributed by atoms with Gasteiger partial charge in [0.25, 0.3) is 5.91 Å². The smallest absolute Gasteiger partial charge is 0.253 e. The van der Waals surface area contributed by atoms with Crippen LogP contribution in [0.5, 0.6) is 11.5 Å². The van der Waals surface area contributed by atoms with Crippen molar-refractivity contribution < 1.29 is 14.3 Å². The molecule has 3 aliphatic rings. The second-order valence-corrected chi connectivity index (χ2v) is 7.54. The summed E-state index contributed by atoms with van der Waals surface area (Å²) >= 11 is 0. The molecule has 1 aromatic carbocycles. The number of hydrogen-bond acceptors (Lipinski definition) is 5. The van der Waals surface area contributed by atoms with Crippen molar-refractivity contribution in [2.75, 3.05) is 18.5 Å². The molecule has 2 saturated carbocycles.